The summed E-state index contributed by atoms with van der Waals surface area (Å²) in [7, 11) is -0.759. The summed E-state index contributed by atoms with van der Waals surface area (Å²) in [5.41, 5.74) is 10.3. The van der Waals surface area contributed by atoms with E-state index in [1.165, 1.54) is 70.8 Å². The number of thiazole rings is 1. The van der Waals surface area contributed by atoms with Crippen LogP contribution in [0.2, 0.25) is 0 Å². The Hall–Kier alpha value is -3.57. The molecule has 4 aromatic rings. The number of anilines is 1. The fourth-order valence-electron chi connectivity index (χ4n) is 6.66. The average Bonchev–Trinajstić information content (AvgIpc) is 3.57. The topological polar surface area (TPSA) is 82.8 Å². The number of ether oxygens (including phenoxy) is 2. The van der Waals surface area contributed by atoms with Gasteiger partial charge in [-0.25, -0.2) is 8.42 Å². The molecule has 7 nitrogen and oxygen atoms in total. The highest BCUT2D eigenvalue weighted by Gasteiger charge is 2.32. The molecule has 0 saturated heterocycles. The van der Waals surface area contributed by atoms with Gasteiger partial charge in [0.05, 0.1) is 29.8 Å². The van der Waals surface area contributed by atoms with Crippen LogP contribution in [0.3, 0.4) is 0 Å². The Bertz CT molecular complexity index is 2120. The number of methoxy groups -OCH3 is 2. The van der Waals surface area contributed by atoms with Crippen LogP contribution in [0.1, 0.15) is 69.2 Å². The Labute approximate surface area is 306 Å². The molecule has 0 spiro atoms. The number of aryl methyl sites for hydroxylation is 4. The largest absolute Gasteiger partial charge is 0.744 e. The maximum absolute atomic E-state index is 10.4. The number of hydrogen-bond donors (Lipinski definition) is 0. The molecule has 1 aliphatic heterocycles. The molecular formula is C40H48N2O5S3. The molecule has 3 aromatic carbocycles. The van der Waals surface area contributed by atoms with E-state index in [9.17, 15) is 13.0 Å². The van der Waals surface area contributed by atoms with Gasteiger partial charge in [-0.2, -0.15) is 4.57 Å². The zero-order valence-electron chi connectivity index (χ0n) is 30.8. The third-order valence-corrected chi connectivity index (χ3v) is 12.4. The monoisotopic (exact) mass is 732 g/mol. The SMILES string of the molecule is CCN1/C(=C/C2=C(C)C(=C/c3sc4cc(OC)c(C)cc4[n+]3CC)/CC(C)(C)C2)Sc2cc(OC)c(C)cc21.Cc1ccc(S(=O)(=O)[O-])cc1. The van der Waals surface area contributed by atoms with Crippen LogP contribution in [0.15, 0.2) is 86.1 Å². The Morgan fingerprint density at radius 2 is 1.56 bits per heavy atom. The summed E-state index contributed by atoms with van der Waals surface area (Å²) in [6.07, 6.45) is 7.06. The Morgan fingerprint density at radius 3 is 2.16 bits per heavy atom. The van der Waals surface area contributed by atoms with Crippen LogP contribution in [-0.4, -0.2) is 33.7 Å². The van der Waals surface area contributed by atoms with Crippen molar-refractivity contribution in [3.05, 3.63) is 98.1 Å². The van der Waals surface area contributed by atoms with Crippen molar-refractivity contribution >= 4 is 55.2 Å². The first-order valence-electron chi connectivity index (χ1n) is 16.9. The molecule has 1 aromatic heterocycles. The zero-order chi connectivity index (χ0) is 36.5. The standard InChI is InChI=1S/C33H41N2O2S2.C7H8O3S/c1-10-34-25-12-20(3)27(36-8)16-29(25)38-31(34)14-23-18-33(6,7)19-24(22(23)5)15-32-35(11-2)26-13-21(4)28(37-9)17-30(26)39-32;1-6-2-4-7(5-3-6)11(8,9)10/h12-17H,10-11,18-19H2,1-9H3;2-5H,1H3,(H,8,9,10)/q+1;/p-1. The molecule has 2 heterocycles. The van der Waals surface area contributed by atoms with Gasteiger partial charge in [-0.3, -0.25) is 0 Å². The third-order valence-electron chi connectivity index (χ3n) is 9.33. The summed E-state index contributed by atoms with van der Waals surface area (Å²) in [6, 6.07) is 14.7. The third kappa shape index (κ3) is 7.99. The van der Waals surface area contributed by atoms with Crippen LogP contribution < -0.4 is 18.9 Å². The number of fused-ring (bicyclic) bond motifs is 2. The Kier molecular flexibility index (Phi) is 11.3. The molecule has 0 fully saturated rings. The van der Waals surface area contributed by atoms with Crippen molar-refractivity contribution in [2.24, 2.45) is 5.41 Å². The van der Waals surface area contributed by atoms with Gasteiger partial charge < -0.3 is 18.9 Å². The van der Waals surface area contributed by atoms with E-state index in [0.717, 1.165) is 43.0 Å². The lowest BCUT2D eigenvalue weighted by Crippen LogP contribution is -2.33. The van der Waals surface area contributed by atoms with Crippen molar-refractivity contribution < 1.29 is 27.0 Å². The van der Waals surface area contributed by atoms with Crippen molar-refractivity contribution in [1.82, 2.24) is 0 Å². The zero-order valence-corrected chi connectivity index (χ0v) is 33.2. The lowest BCUT2D eigenvalue weighted by molar-refractivity contribution is -0.665. The molecule has 10 heteroatoms. The van der Waals surface area contributed by atoms with Crippen molar-refractivity contribution in [2.45, 2.75) is 84.6 Å². The Balaban J connectivity index is 0.000000377. The number of benzene rings is 3. The Morgan fingerprint density at radius 1 is 0.920 bits per heavy atom. The molecule has 1 aliphatic carbocycles. The normalized spacial score (nSPS) is 17.3. The number of thioether (sulfide) groups is 1. The average molecular weight is 733 g/mol. The summed E-state index contributed by atoms with van der Waals surface area (Å²) in [6.45, 7) is 19.6. The quantitative estimate of drug-likeness (QED) is 0.138. The minimum Gasteiger partial charge on any atom is -0.744 e. The van der Waals surface area contributed by atoms with Crippen molar-refractivity contribution in [3.63, 3.8) is 0 Å². The first-order valence-corrected chi connectivity index (χ1v) is 19.9. The van der Waals surface area contributed by atoms with Crippen LogP contribution in [0.5, 0.6) is 11.5 Å². The maximum Gasteiger partial charge on any atom is 0.263 e. The lowest BCUT2D eigenvalue weighted by atomic mass is 9.72. The van der Waals surface area contributed by atoms with E-state index in [0.29, 0.717) is 0 Å². The van der Waals surface area contributed by atoms with Gasteiger partial charge in [-0.1, -0.05) is 54.6 Å². The summed E-state index contributed by atoms with van der Waals surface area (Å²) >= 11 is 3.72. The predicted molar refractivity (Wildman–Crippen MR) is 207 cm³/mol. The second-order valence-electron chi connectivity index (χ2n) is 13.7. The van der Waals surface area contributed by atoms with E-state index in [1.54, 1.807) is 26.4 Å². The summed E-state index contributed by atoms with van der Waals surface area (Å²) < 4.78 is 46.1. The summed E-state index contributed by atoms with van der Waals surface area (Å²) in [4.78, 5) is 3.54. The van der Waals surface area contributed by atoms with Crippen molar-refractivity contribution in [2.75, 3.05) is 25.7 Å². The molecule has 0 radical (unpaired) electrons. The lowest BCUT2D eigenvalue weighted by Gasteiger charge is -2.33. The molecule has 0 bridgehead atoms. The maximum atomic E-state index is 10.4. The van der Waals surface area contributed by atoms with Crippen LogP contribution in [0.25, 0.3) is 16.3 Å². The molecule has 266 valence electrons. The highest BCUT2D eigenvalue weighted by atomic mass is 32.2. The first kappa shape index (κ1) is 37.7. The highest BCUT2D eigenvalue weighted by molar-refractivity contribution is 8.03. The summed E-state index contributed by atoms with van der Waals surface area (Å²) in [5.74, 6) is 1.91. The van der Waals surface area contributed by atoms with Crippen molar-refractivity contribution in [1.29, 1.82) is 0 Å². The number of nitrogens with zero attached hydrogens (tertiary/aromatic N) is 2. The van der Waals surface area contributed by atoms with Crippen molar-refractivity contribution in [3.8, 4) is 11.5 Å². The minimum atomic E-state index is -4.27. The minimum absolute atomic E-state index is 0.178. The van der Waals surface area contributed by atoms with Gasteiger partial charge in [-0.15, -0.1) is 0 Å². The van der Waals surface area contributed by atoms with Crippen LogP contribution in [-0.2, 0) is 16.7 Å². The molecular weight excluding hydrogens is 685 g/mol. The van der Waals surface area contributed by atoms with E-state index in [-0.39, 0.29) is 10.3 Å². The molecule has 0 unspecified atom stereocenters. The van der Waals surface area contributed by atoms with Gasteiger partial charge in [0.15, 0.2) is 0 Å². The second-order valence-corrected chi connectivity index (χ2v) is 17.2. The molecule has 0 saturated carbocycles. The van der Waals surface area contributed by atoms with E-state index >= 15 is 0 Å². The number of rotatable bonds is 7. The molecule has 6 rings (SSSR count). The van der Waals surface area contributed by atoms with E-state index in [2.05, 4.69) is 94.4 Å². The van der Waals surface area contributed by atoms with Crippen LogP contribution in [0, 0.1) is 26.2 Å². The van der Waals surface area contributed by atoms with E-state index in [1.807, 2.05) is 30.0 Å². The molecule has 0 atom stereocenters. The fourth-order valence-corrected chi connectivity index (χ4v) is 9.54. The van der Waals surface area contributed by atoms with Gasteiger partial charge >= 0.3 is 0 Å². The molecule has 2 aliphatic rings. The van der Waals surface area contributed by atoms with Crippen LogP contribution in [0.4, 0.5) is 5.69 Å². The van der Waals surface area contributed by atoms with Gasteiger partial charge in [0.25, 0.3) is 5.01 Å². The predicted octanol–water partition coefficient (Wildman–Crippen LogP) is 9.74. The highest BCUT2D eigenvalue weighted by Crippen LogP contribution is 2.50. The molecule has 0 amide bonds. The van der Waals surface area contributed by atoms with Gasteiger partial charge in [0.2, 0.25) is 5.52 Å². The molecule has 0 N–H and O–H groups in total. The summed E-state index contributed by atoms with van der Waals surface area (Å²) in [5, 5.41) is 2.61. The molecule has 50 heavy (non-hydrogen) atoms. The van der Waals surface area contributed by atoms with Gasteiger partial charge in [0.1, 0.15) is 32.9 Å². The fraction of sp³-hybridized carbons (Fsp3) is 0.375. The van der Waals surface area contributed by atoms with Gasteiger partial charge in [0, 0.05) is 29.6 Å². The second kappa shape index (κ2) is 15.0. The first-order chi connectivity index (χ1) is 23.6. The number of hydrogen-bond acceptors (Lipinski definition) is 8. The van der Waals surface area contributed by atoms with E-state index < -0.39 is 10.1 Å². The van der Waals surface area contributed by atoms with Gasteiger partial charge in [-0.05, 0) is 118 Å². The van der Waals surface area contributed by atoms with Crippen LogP contribution >= 0.6 is 23.1 Å². The van der Waals surface area contributed by atoms with E-state index in [4.69, 9.17) is 9.47 Å². The number of aromatic nitrogens is 1. The smallest absolute Gasteiger partial charge is 0.263 e. The number of allylic oxidation sites excluding steroid dienone is 4.